The van der Waals surface area contributed by atoms with E-state index < -0.39 is 0 Å². The Hall–Kier alpha value is -2.08. The molecule has 1 aromatic carbocycles. The minimum atomic E-state index is 0.0627. The fourth-order valence-corrected chi connectivity index (χ4v) is 3.74. The Labute approximate surface area is 167 Å². The van der Waals surface area contributed by atoms with Crippen molar-refractivity contribution >= 4 is 17.5 Å². The molecular formula is C22H32N2O4. The van der Waals surface area contributed by atoms with Gasteiger partial charge in [0.15, 0.2) is 0 Å². The van der Waals surface area contributed by atoms with Crippen LogP contribution in [0.2, 0.25) is 0 Å². The molecule has 0 aromatic heterocycles. The maximum absolute atomic E-state index is 11.9. The van der Waals surface area contributed by atoms with Gasteiger partial charge in [0.2, 0.25) is 11.8 Å². The van der Waals surface area contributed by atoms with Crippen molar-refractivity contribution in [3.05, 3.63) is 23.8 Å². The van der Waals surface area contributed by atoms with Gasteiger partial charge in [-0.25, -0.2) is 0 Å². The first-order valence-electron chi connectivity index (χ1n) is 10.6. The van der Waals surface area contributed by atoms with Gasteiger partial charge >= 0.3 is 0 Å². The molecule has 6 nitrogen and oxygen atoms in total. The lowest BCUT2D eigenvalue weighted by atomic mass is 9.98. The predicted molar refractivity (Wildman–Crippen MR) is 109 cm³/mol. The summed E-state index contributed by atoms with van der Waals surface area (Å²) in [5, 5.41) is 5.81. The third-order valence-electron chi connectivity index (χ3n) is 5.34. The highest BCUT2D eigenvalue weighted by Gasteiger charge is 2.15. The first-order valence-corrected chi connectivity index (χ1v) is 10.6. The van der Waals surface area contributed by atoms with Crippen LogP contribution in [0, 0.1) is 0 Å². The van der Waals surface area contributed by atoms with Gasteiger partial charge in [0.1, 0.15) is 5.75 Å². The van der Waals surface area contributed by atoms with Crippen molar-refractivity contribution in [1.29, 1.82) is 0 Å². The highest BCUT2D eigenvalue weighted by Crippen LogP contribution is 2.26. The van der Waals surface area contributed by atoms with E-state index in [9.17, 15) is 9.59 Å². The number of carbonyl (C=O) groups is 2. The quantitative estimate of drug-likeness (QED) is 0.601. The number of fused-ring (bicyclic) bond motifs is 1. The van der Waals surface area contributed by atoms with Crippen molar-refractivity contribution < 1.29 is 19.1 Å². The number of aryl methyl sites for hydroxylation is 1. The summed E-state index contributed by atoms with van der Waals surface area (Å²) in [6, 6.07) is 5.71. The molecule has 2 aliphatic rings. The number of carbonyl (C=O) groups excluding carboxylic acids is 2. The largest absolute Gasteiger partial charge is 0.494 e. The average Bonchev–Trinajstić information content (AvgIpc) is 2.72. The third kappa shape index (κ3) is 6.82. The number of hydrogen-bond donors (Lipinski definition) is 2. The van der Waals surface area contributed by atoms with Crippen LogP contribution < -0.4 is 15.4 Å². The smallest absolute Gasteiger partial charge is 0.224 e. The molecule has 1 saturated carbocycles. The maximum atomic E-state index is 11.9. The Morgan fingerprint density at radius 3 is 2.82 bits per heavy atom. The van der Waals surface area contributed by atoms with E-state index in [1.807, 2.05) is 18.2 Å². The van der Waals surface area contributed by atoms with E-state index in [0.29, 0.717) is 38.5 Å². The van der Waals surface area contributed by atoms with Crippen molar-refractivity contribution in [2.45, 2.75) is 70.3 Å². The molecule has 1 fully saturated rings. The van der Waals surface area contributed by atoms with Crippen LogP contribution >= 0.6 is 0 Å². The number of hydrogen-bond acceptors (Lipinski definition) is 4. The summed E-state index contributed by atoms with van der Waals surface area (Å²) in [6.45, 7) is 1.90. The van der Waals surface area contributed by atoms with E-state index in [1.165, 1.54) is 32.1 Å². The average molecular weight is 389 g/mol. The van der Waals surface area contributed by atoms with Gasteiger partial charge in [0.05, 0.1) is 12.7 Å². The number of nitrogens with one attached hydrogen (secondary N) is 2. The van der Waals surface area contributed by atoms with E-state index in [4.69, 9.17) is 9.47 Å². The first kappa shape index (κ1) is 20.6. The van der Waals surface area contributed by atoms with Crippen molar-refractivity contribution in [3.8, 4) is 5.75 Å². The van der Waals surface area contributed by atoms with Crippen molar-refractivity contribution in [2.24, 2.45) is 0 Å². The van der Waals surface area contributed by atoms with Crippen LogP contribution in [-0.2, 0) is 20.7 Å². The van der Waals surface area contributed by atoms with Gasteiger partial charge in [-0.15, -0.1) is 0 Å². The number of anilines is 1. The van der Waals surface area contributed by atoms with Gasteiger partial charge < -0.3 is 20.1 Å². The van der Waals surface area contributed by atoms with E-state index in [-0.39, 0.29) is 11.8 Å². The maximum Gasteiger partial charge on any atom is 0.224 e. The molecule has 0 spiro atoms. The van der Waals surface area contributed by atoms with E-state index in [1.54, 1.807) is 0 Å². The topological polar surface area (TPSA) is 76.7 Å². The van der Waals surface area contributed by atoms with Crippen molar-refractivity contribution in [3.63, 3.8) is 0 Å². The van der Waals surface area contributed by atoms with E-state index >= 15 is 0 Å². The predicted octanol–water partition coefficient (Wildman–Crippen LogP) is 3.59. The second-order valence-corrected chi connectivity index (χ2v) is 7.65. The fourth-order valence-electron chi connectivity index (χ4n) is 3.74. The normalized spacial score (nSPS) is 16.9. The molecule has 0 bridgehead atoms. The molecule has 28 heavy (non-hydrogen) atoms. The zero-order valence-corrected chi connectivity index (χ0v) is 16.6. The van der Waals surface area contributed by atoms with Crippen LogP contribution in [0.5, 0.6) is 5.75 Å². The van der Waals surface area contributed by atoms with Gasteiger partial charge in [-0.3, -0.25) is 9.59 Å². The van der Waals surface area contributed by atoms with Gasteiger partial charge in [-0.1, -0.05) is 19.3 Å². The summed E-state index contributed by atoms with van der Waals surface area (Å²) in [6.07, 6.45) is 9.97. The molecule has 6 heteroatoms. The van der Waals surface area contributed by atoms with Gasteiger partial charge in [-0.2, -0.15) is 0 Å². The minimum absolute atomic E-state index is 0.0627. The summed E-state index contributed by atoms with van der Waals surface area (Å²) in [4.78, 5) is 23.3. The number of benzene rings is 1. The second kappa shape index (κ2) is 11.1. The van der Waals surface area contributed by atoms with Crippen LogP contribution in [0.4, 0.5) is 5.69 Å². The lowest BCUT2D eigenvalue weighted by molar-refractivity contribution is -0.121. The molecule has 0 atom stereocenters. The first-order chi connectivity index (χ1) is 13.7. The van der Waals surface area contributed by atoms with Gasteiger partial charge in [0.25, 0.3) is 0 Å². The van der Waals surface area contributed by atoms with Crippen LogP contribution in [0.15, 0.2) is 18.2 Å². The highest BCUT2D eigenvalue weighted by atomic mass is 16.5. The Balaban J connectivity index is 1.22. The molecule has 1 aliphatic heterocycles. The fraction of sp³-hybridized carbons (Fsp3) is 0.636. The van der Waals surface area contributed by atoms with Crippen LogP contribution in [0.25, 0.3) is 0 Å². The van der Waals surface area contributed by atoms with Crippen LogP contribution in [-0.4, -0.2) is 37.7 Å². The Morgan fingerprint density at radius 1 is 1.11 bits per heavy atom. The van der Waals surface area contributed by atoms with Crippen LogP contribution in [0.1, 0.15) is 63.4 Å². The highest BCUT2D eigenvalue weighted by molar-refractivity contribution is 5.94. The van der Waals surface area contributed by atoms with Gasteiger partial charge in [-0.05, 0) is 55.9 Å². The lowest BCUT2D eigenvalue weighted by Gasteiger charge is -2.21. The summed E-state index contributed by atoms with van der Waals surface area (Å²) in [5.74, 6) is 0.914. The molecule has 0 saturated heterocycles. The standard InChI is InChI=1S/C22H32N2O4/c25-21(23-13-5-15-27-18-6-2-1-3-7-18)8-4-14-28-19-10-11-20-17(16-19)9-12-22(26)24-20/h10-11,16,18H,1-9,12-15H2,(H,23,25)(H,24,26). The monoisotopic (exact) mass is 388 g/mol. The Kier molecular flexibility index (Phi) is 8.15. The molecule has 2 N–H and O–H groups in total. The lowest BCUT2D eigenvalue weighted by Crippen LogP contribution is -2.26. The van der Waals surface area contributed by atoms with Crippen molar-refractivity contribution in [2.75, 3.05) is 25.1 Å². The summed E-state index contributed by atoms with van der Waals surface area (Å²) in [7, 11) is 0. The van der Waals surface area contributed by atoms with Crippen LogP contribution in [0.3, 0.4) is 0 Å². The summed E-state index contributed by atoms with van der Waals surface area (Å²) >= 11 is 0. The number of amides is 2. The zero-order valence-electron chi connectivity index (χ0n) is 16.6. The zero-order chi connectivity index (χ0) is 19.6. The Morgan fingerprint density at radius 2 is 1.96 bits per heavy atom. The summed E-state index contributed by atoms with van der Waals surface area (Å²) < 4.78 is 11.6. The molecule has 1 heterocycles. The molecule has 154 valence electrons. The molecule has 1 aromatic rings. The summed E-state index contributed by atoms with van der Waals surface area (Å²) in [5.41, 5.74) is 1.97. The molecule has 1 aliphatic carbocycles. The SMILES string of the molecule is O=C(CCCOc1ccc2c(c1)CCC(=O)N2)NCCCOC1CCCCC1. The van der Waals surface area contributed by atoms with Gasteiger partial charge in [0, 0.05) is 31.7 Å². The minimum Gasteiger partial charge on any atom is -0.494 e. The third-order valence-corrected chi connectivity index (χ3v) is 5.34. The van der Waals surface area contributed by atoms with E-state index in [0.717, 1.165) is 36.4 Å². The second-order valence-electron chi connectivity index (χ2n) is 7.65. The molecular weight excluding hydrogens is 356 g/mol. The number of rotatable bonds is 10. The molecule has 3 rings (SSSR count). The number of ether oxygens (including phenoxy) is 2. The van der Waals surface area contributed by atoms with Crippen molar-refractivity contribution in [1.82, 2.24) is 5.32 Å². The van der Waals surface area contributed by atoms with E-state index in [2.05, 4.69) is 10.6 Å². The Bertz CT molecular complexity index is 656. The molecule has 0 radical (unpaired) electrons. The molecule has 0 unspecified atom stereocenters. The molecule has 2 amide bonds.